The molecule has 0 bridgehead atoms. The summed E-state index contributed by atoms with van der Waals surface area (Å²) in [5, 5.41) is 0. The first-order chi connectivity index (χ1) is 9.76. The fourth-order valence-corrected chi connectivity index (χ4v) is 2.80. The van der Waals surface area contributed by atoms with E-state index in [0.717, 1.165) is 50.6 Å². The first-order valence-electron chi connectivity index (χ1n) is 7.35. The second-order valence-corrected chi connectivity index (χ2v) is 5.60. The third-order valence-corrected chi connectivity index (χ3v) is 4.17. The highest BCUT2D eigenvalue weighted by Crippen LogP contribution is 2.11. The Morgan fingerprint density at radius 2 is 2.05 bits per heavy atom. The Hall–Kier alpha value is -1.43. The molecule has 20 heavy (non-hydrogen) atoms. The van der Waals surface area contributed by atoms with E-state index in [-0.39, 0.29) is 0 Å². The van der Waals surface area contributed by atoms with Gasteiger partial charge >= 0.3 is 0 Å². The van der Waals surface area contributed by atoms with Crippen LogP contribution in [0, 0.1) is 0 Å². The lowest BCUT2D eigenvalue weighted by Gasteiger charge is -2.37. The number of piperazine rings is 1. The van der Waals surface area contributed by atoms with Gasteiger partial charge in [-0.2, -0.15) is 0 Å². The maximum atomic E-state index is 5.74. The van der Waals surface area contributed by atoms with Gasteiger partial charge in [0.2, 0.25) is 0 Å². The molecule has 1 aliphatic heterocycles. The van der Waals surface area contributed by atoms with Crippen molar-refractivity contribution in [3.8, 4) is 0 Å². The molecule has 0 amide bonds. The zero-order valence-corrected chi connectivity index (χ0v) is 12.1. The molecule has 3 rings (SSSR count). The van der Waals surface area contributed by atoms with Crippen LogP contribution in [0.5, 0.6) is 0 Å². The van der Waals surface area contributed by atoms with Crippen LogP contribution < -0.4 is 5.73 Å². The molecule has 5 heteroatoms. The highest BCUT2D eigenvalue weighted by molar-refractivity contribution is 5.39. The highest BCUT2D eigenvalue weighted by atomic mass is 15.3. The first kappa shape index (κ1) is 13.5. The Labute approximate surface area is 120 Å². The molecule has 1 aliphatic rings. The maximum absolute atomic E-state index is 5.74. The van der Waals surface area contributed by atoms with Gasteiger partial charge in [-0.1, -0.05) is 6.07 Å². The van der Waals surface area contributed by atoms with Crippen LogP contribution in [0.2, 0.25) is 0 Å². The molecule has 2 aromatic rings. The lowest BCUT2D eigenvalue weighted by molar-refractivity contribution is 0.0998. The topological polar surface area (TPSA) is 49.8 Å². The molecule has 0 aromatic carbocycles. The van der Waals surface area contributed by atoms with Crippen LogP contribution >= 0.6 is 0 Å². The molecule has 2 aromatic heterocycles. The molecule has 108 valence electrons. The van der Waals surface area contributed by atoms with Gasteiger partial charge in [-0.25, -0.2) is 4.98 Å². The standard InChI is InChI=1S/C15H23N5/c1-13(10-16)19-8-6-18(7-9-19)11-14-12-20-5-3-2-4-15(20)17-14/h2-5,12-13H,6-11,16H2,1H3. The van der Waals surface area contributed by atoms with Crippen molar-refractivity contribution in [2.24, 2.45) is 5.73 Å². The zero-order valence-electron chi connectivity index (χ0n) is 12.1. The number of pyridine rings is 1. The second-order valence-electron chi connectivity index (χ2n) is 5.60. The molecular weight excluding hydrogens is 250 g/mol. The molecule has 1 saturated heterocycles. The van der Waals surface area contributed by atoms with Gasteiger partial charge in [0.15, 0.2) is 0 Å². The normalized spacial score (nSPS) is 19.5. The largest absolute Gasteiger partial charge is 0.329 e. The lowest BCUT2D eigenvalue weighted by atomic mass is 10.2. The van der Waals surface area contributed by atoms with Crippen molar-refractivity contribution in [1.29, 1.82) is 0 Å². The van der Waals surface area contributed by atoms with Gasteiger partial charge in [-0.15, -0.1) is 0 Å². The number of rotatable bonds is 4. The molecule has 1 fully saturated rings. The van der Waals surface area contributed by atoms with Gasteiger partial charge in [0.1, 0.15) is 5.65 Å². The van der Waals surface area contributed by atoms with E-state index in [1.165, 1.54) is 0 Å². The summed E-state index contributed by atoms with van der Waals surface area (Å²) < 4.78 is 2.09. The summed E-state index contributed by atoms with van der Waals surface area (Å²) in [6, 6.07) is 6.60. The summed E-state index contributed by atoms with van der Waals surface area (Å²) >= 11 is 0. The third-order valence-electron chi connectivity index (χ3n) is 4.17. The van der Waals surface area contributed by atoms with Crippen molar-refractivity contribution >= 4 is 5.65 Å². The number of nitrogens with two attached hydrogens (primary N) is 1. The molecular formula is C15H23N5. The highest BCUT2D eigenvalue weighted by Gasteiger charge is 2.20. The SMILES string of the molecule is CC(CN)N1CCN(Cc2cn3ccccc3n2)CC1. The van der Waals surface area contributed by atoms with Gasteiger partial charge in [-0.05, 0) is 19.1 Å². The van der Waals surface area contributed by atoms with E-state index in [0.29, 0.717) is 6.04 Å². The van der Waals surface area contributed by atoms with Crippen LogP contribution in [0.4, 0.5) is 0 Å². The average molecular weight is 273 g/mol. The summed E-state index contributed by atoms with van der Waals surface area (Å²) in [5.74, 6) is 0. The summed E-state index contributed by atoms with van der Waals surface area (Å²) in [6.45, 7) is 8.28. The lowest BCUT2D eigenvalue weighted by Crippen LogP contribution is -2.51. The minimum absolute atomic E-state index is 0.493. The number of hydrogen-bond acceptors (Lipinski definition) is 4. The Morgan fingerprint density at radius 1 is 1.25 bits per heavy atom. The Balaban J connectivity index is 1.59. The van der Waals surface area contributed by atoms with Gasteiger partial charge in [0, 0.05) is 57.7 Å². The molecule has 0 spiro atoms. The van der Waals surface area contributed by atoms with Crippen LogP contribution in [0.25, 0.3) is 5.65 Å². The summed E-state index contributed by atoms with van der Waals surface area (Å²) in [4.78, 5) is 9.61. The summed E-state index contributed by atoms with van der Waals surface area (Å²) in [7, 11) is 0. The maximum Gasteiger partial charge on any atom is 0.137 e. The van der Waals surface area contributed by atoms with E-state index in [1.54, 1.807) is 0 Å². The van der Waals surface area contributed by atoms with Crippen LogP contribution in [0.15, 0.2) is 30.6 Å². The van der Waals surface area contributed by atoms with Crippen molar-refractivity contribution in [1.82, 2.24) is 19.2 Å². The fourth-order valence-electron chi connectivity index (χ4n) is 2.80. The average Bonchev–Trinajstić information content (AvgIpc) is 2.89. The smallest absolute Gasteiger partial charge is 0.137 e. The minimum Gasteiger partial charge on any atom is -0.329 e. The minimum atomic E-state index is 0.493. The molecule has 0 radical (unpaired) electrons. The van der Waals surface area contributed by atoms with E-state index < -0.39 is 0 Å². The number of imidazole rings is 1. The van der Waals surface area contributed by atoms with Crippen LogP contribution in [-0.2, 0) is 6.54 Å². The third kappa shape index (κ3) is 2.85. The van der Waals surface area contributed by atoms with Gasteiger partial charge in [-0.3, -0.25) is 9.80 Å². The monoisotopic (exact) mass is 273 g/mol. The molecule has 1 unspecified atom stereocenters. The molecule has 0 aliphatic carbocycles. The van der Waals surface area contributed by atoms with Crippen LogP contribution in [-0.4, -0.2) is 58.0 Å². The molecule has 5 nitrogen and oxygen atoms in total. The van der Waals surface area contributed by atoms with Crippen LogP contribution in [0.1, 0.15) is 12.6 Å². The first-order valence-corrected chi connectivity index (χ1v) is 7.35. The van der Waals surface area contributed by atoms with Gasteiger partial charge in [0.05, 0.1) is 5.69 Å². The second kappa shape index (κ2) is 5.91. The predicted molar refractivity (Wildman–Crippen MR) is 80.6 cm³/mol. The predicted octanol–water partition coefficient (Wildman–Crippen LogP) is 0.799. The van der Waals surface area contributed by atoms with E-state index in [4.69, 9.17) is 5.73 Å². The Morgan fingerprint density at radius 3 is 2.75 bits per heavy atom. The summed E-state index contributed by atoms with van der Waals surface area (Å²) in [5.41, 5.74) is 7.91. The Bertz CT molecular complexity index is 523. The molecule has 3 heterocycles. The van der Waals surface area contributed by atoms with Crippen molar-refractivity contribution in [3.05, 3.63) is 36.3 Å². The summed E-state index contributed by atoms with van der Waals surface area (Å²) in [6.07, 6.45) is 4.18. The quantitative estimate of drug-likeness (QED) is 0.895. The van der Waals surface area contributed by atoms with E-state index >= 15 is 0 Å². The van der Waals surface area contributed by atoms with Gasteiger partial charge < -0.3 is 10.1 Å². The van der Waals surface area contributed by atoms with E-state index in [1.807, 2.05) is 24.4 Å². The van der Waals surface area contributed by atoms with Crippen molar-refractivity contribution in [2.75, 3.05) is 32.7 Å². The van der Waals surface area contributed by atoms with Crippen molar-refractivity contribution in [3.63, 3.8) is 0 Å². The number of fused-ring (bicyclic) bond motifs is 1. The number of aromatic nitrogens is 2. The number of hydrogen-bond donors (Lipinski definition) is 1. The van der Waals surface area contributed by atoms with Crippen molar-refractivity contribution in [2.45, 2.75) is 19.5 Å². The molecule has 1 atom stereocenters. The molecule has 2 N–H and O–H groups in total. The number of nitrogens with zero attached hydrogens (tertiary/aromatic N) is 4. The van der Waals surface area contributed by atoms with Crippen molar-refractivity contribution < 1.29 is 0 Å². The molecule has 0 saturated carbocycles. The zero-order chi connectivity index (χ0) is 13.9. The van der Waals surface area contributed by atoms with Crippen LogP contribution in [0.3, 0.4) is 0 Å². The van der Waals surface area contributed by atoms with Gasteiger partial charge in [0.25, 0.3) is 0 Å². The Kier molecular flexibility index (Phi) is 4.00. The van der Waals surface area contributed by atoms with E-state index in [9.17, 15) is 0 Å². The van der Waals surface area contributed by atoms with E-state index in [2.05, 4.69) is 32.3 Å². The fraction of sp³-hybridized carbons (Fsp3) is 0.533.